The number of hydrogen-bond acceptors (Lipinski definition) is 1. The fourth-order valence-electron chi connectivity index (χ4n) is 1.80. The van der Waals surface area contributed by atoms with E-state index in [1.807, 2.05) is 12.1 Å². The van der Waals surface area contributed by atoms with Gasteiger partial charge in [0.2, 0.25) is 0 Å². The van der Waals surface area contributed by atoms with Crippen molar-refractivity contribution in [1.29, 1.82) is 0 Å². The third-order valence-electron chi connectivity index (χ3n) is 2.67. The molecule has 0 atom stereocenters. The molecule has 0 spiro atoms. The first kappa shape index (κ1) is 10.7. The molecule has 16 heavy (non-hydrogen) atoms. The molecule has 1 heteroatoms. The van der Waals surface area contributed by atoms with Crippen molar-refractivity contribution in [1.82, 2.24) is 0 Å². The lowest BCUT2D eigenvalue weighted by Gasteiger charge is -2.23. The van der Waals surface area contributed by atoms with E-state index in [9.17, 15) is 0 Å². The van der Waals surface area contributed by atoms with Crippen LogP contribution in [0.25, 0.3) is 0 Å². The van der Waals surface area contributed by atoms with Crippen molar-refractivity contribution in [3.8, 4) is 0 Å². The van der Waals surface area contributed by atoms with Crippen molar-refractivity contribution in [3.05, 3.63) is 60.2 Å². The molecule has 0 unspecified atom stereocenters. The van der Waals surface area contributed by atoms with Crippen LogP contribution in [0.3, 0.4) is 0 Å². The zero-order valence-corrected chi connectivity index (χ0v) is 9.77. The zero-order chi connectivity index (χ0) is 11.4. The van der Waals surface area contributed by atoms with Crippen LogP contribution in [-0.4, -0.2) is 6.54 Å². The Morgan fingerprint density at radius 1 is 0.938 bits per heavy atom. The van der Waals surface area contributed by atoms with Gasteiger partial charge in [-0.1, -0.05) is 29.8 Å². The molecular weight excluding hydrogens is 194 g/mol. The Bertz CT molecular complexity index is 431. The van der Waals surface area contributed by atoms with Gasteiger partial charge in [0.15, 0.2) is 0 Å². The third kappa shape index (κ3) is 2.25. The summed E-state index contributed by atoms with van der Waals surface area (Å²) in [7, 11) is 0. The summed E-state index contributed by atoms with van der Waals surface area (Å²) in [6, 6.07) is 19.7. The van der Waals surface area contributed by atoms with Gasteiger partial charge in [-0.2, -0.15) is 0 Å². The smallest absolute Gasteiger partial charge is 0.0411 e. The Morgan fingerprint density at radius 2 is 1.50 bits per heavy atom. The van der Waals surface area contributed by atoms with Crippen molar-refractivity contribution in [2.24, 2.45) is 0 Å². The summed E-state index contributed by atoms with van der Waals surface area (Å²) in [4.78, 5) is 2.28. The van der Waals surface area contributed by atoms with Gasteiger partial charge >= 0.3 is 0 Å². The molecule has 81 valence electrons. The molecule has 0 fully saturated rings. The predicted octanol–water partition coefficient (Wildman–Crippen LogP) is 3.95. The van der Waals surface area contributed by atoms with E-state index >= 15 is 0 Å². The topological polar surface area (TPSA) is 3.24 Å². The van der Waals surface area contributed by atoms with Crippen molar-refractivity contribution in [3.63, 3.8) is 0 Å². The van der Waals surface area contributed by atoms with Gasteiger partial charge in [-0.3, -0.25) is 0 Å². The predicted molar refractivity (Wildman–Crippen MR) is 69.1 cm³/mol. The van der Waals surface area contributed by atoms with Crippen LogP contribution in [-0.2, 0) is 0 Å². The number of hydrogen-bond donors (Lipinski definition) is 0. The maximum absolute atomic E-state index is 3.05. The van der Waals surface area contributed by atoms with Crippen molar-refractivity contribution < 1.29 is 0 Å². The highest BCUT2D eigenvalue weighted by Gasteiger charge is 2.05. The average molecular weight is 210 g/mol. The maximum atomic E-state index is 3.05. The first-order valence-electron chi connectivity index (χ1n) is 5.61. The van der Waals surface area contributed by atoms with Crippen LogP contribution in [0.1, 0.15) is 12.5 Å². The van der Waals surface area contributed by atoms with Gasteiger partial charge in [0.25, 0.3) is 0 Å². The third-order valence-corrected chi connectivity index (χ3v) is 2.67. The second-order valence-electron chi connectivity index (χ2n) is 3.84. The summed E-state index contributed by atoms with van der Waals surface area (Å²) in [5.41, 5.74) is 3.74. The second-order valence-corrected chi connectivity index (χ2v) is 3.84. The molecule has 0 amide bonds. The highest BCUT2D eigenvalue weighted by molar-refractivity contribution is 5.63. The largest absolute Gasteiger partial charge is 0.342 e. The summed E-state index contributed by atoms with van der Waals surface area (Å²) in [6.07, 6.45) is 0. The number of benzene rings is 2. The van der Waals surface area contributed by atoms with Gasteiger partial charge in [-0.25, -0.2) is 0 Å². The van der Waals surface area contributed by atoms with E-state index in [2.05, 4.69) is 61.2 Å². The second kappa shape index (κ2) is 4.84. The average Bonchev–Trinajstić information content (AvgIpc) is 2.34. The van der Waals surface area contributed by atoms with Crippen LogP contribution >= 0.6 is 0 Å². The van der Waals surface area contributed by atoms with E-state index < -0.39 is 0 Å². The number of aryl methyl sites for hydroxylation is 1. The first-order valence-corrected chi connectivity index (χ1v) is 5.61. The van der Waals surface area contributed by atoms with Gasteiger partial charge in [0.05, 0.1) is 0 Å². The van der Waals surface area contributed by atoms with Crippen LogP contribution in [0.2, 0.25) is 0 Å². The number of nitrogens with zero attached hydrogens (tertiary/aromatic N) is 1. The van der Waals surface area contributed by atoms with Crippen molar-refractivity contribution >= 4 is 11.4 Å². The Kier molecular flexibility index (Phi) is 3.25. The lowest BCUT2D eigenvalue weighted by atomic mass is 10.2. The first-order chi connectivity index (χ1) is 7.81. The molecule has 0 aliphatic heterocycles. The Hall–Kier alpha value is -1.76. The molecule has 1 radical (unpaired) electrons. The van der Waals surface area contributed by atoms with Crippen LogP contribution in [0.4, 0.5) is 11.4 Å². The zero-order valence-electron chi connectivity index (χ0n) is 9.77. The summed E-state index contributed by atoms with van der Waals surface area (Å²) in [5, 5.41) is 0. The minimum absolute atomic E-state index is 0.965. The van der Waals surface area contributed by atoms with Crippen molar-refractivity contribution in [2.45, 2.75) is 13.8 Å². The standard InChI is InChI=1S/C15H16N/c1-3-16(14-7-5-4-6-8-14)15-11-9-13(2)10-12-15/h5-12H,3H2,1-2H3. The summed E-state index contributed by atoms with van der Waals surface area (Å²) in [5.74, 6) is 0. The van der Waals surface area contributed by atoms with E-state index in [0.29, 0.717) is 0 Å². The SMILES string of the molecule is CCN(c1cc[c]cc1)c1ccc(C)cc1. The highest BCUT2D eigenvalue weighted by atomic mass is 15.1. The Labute approximate surface area is 97.3 Å². The van der Waals surface area contributed by atoms with Gasteiger partial charge in [-0.05, 0) is 44.2 Å². The van der Waals surface area contributed by atoms with Gasteiger partial charge in [0, 0.05) is 17.9 Å². The van der Waals surface area contributed by atoms with Gasteiger partial charge in [-0.15, -0.1) is 0 Å². The summed E-state index contributed by atoms with van der Waals surface area (Å²) >= 11 is 0. The normalized spacial score (nSPS) is 10.1. The fourth-order valence-corrected chi connectivity index (χ4v) is 1.80. The summed E-state index contributed by atoms with van der Waals surface area (Å²) < 4.78 is 0. The van der Waals surface area contributed by atoms with Crippen LogP contribution in [0.15, 0.2) is 48.5 Å². The quantitative estimate of drug-likeness (QED) is 0.741. The molecule has 0 N–H and O–H groups in total. The molecule has 2 aromatic rings. The van der Waals surface area contributed by atoms with E-state index in [1.165, 1.54) is 16.9 Å². The van der Waals surface area contributed by atoms with Gasteiger partial charge in [0.1, 0.15) is 0 Å². The molecule has 0 aliphatic rings. The Balaban J connectivity index is 2.33. The molecule has 0 aliphatic carbocycles. The molecule has 0 saturated heterocycles. The van der Waals surface area contributed by atoms with E-state index in [0.717, 1.165) is 6.54 Å². The van der Waals surface area contributed by atoms with Crippen LogP contribution in [0.5, 0.6) is 0 Å². The molecule has 0 heterocycles. The van der Waals surface area contributed by atoms with E-state index in [1.54, 1.807) is 0 Å². The molecule has 2 aromatic carbocycles. The summed E-state index contributed by atoms with van der Waals surface area (Å²) in [6.45, 7) is 5.24. The van der Waals surface area contributed by atoms with Crippen LogP contribution < -0.4 is 4.90 Å². The minimum atomic E-state index is 0.965. The number of anilines is 2. The monoisotopic (exact) mass is 210 g/mol. The van der Waals surface area contributed by atoms with Crippen molar-refractivity contribution in [2.75, 3.05) is 11.4 Å². The maximum Gasteiger partial charge on any atom is 0.0411 e. The highest BCUT2D eigenvalue weighted by Crippen LogP contribution is 2.24. The van der Waals surface area contributed by atoms with Crippen LogP contribution in [0, 0.1) is 13.0 Å². The molecule has 2 rings (SSSR count). The van der Waals surface area contributed by atoms with Gasteiger partial charge < -0.3 is 4.90 Å². The molecule has 1 nitrogen and oxygen atoms in total. The minimum Gasteiger partial charge on any atom is -0.342 e. The number of rotatable bonds is 3. The fraction of sp³-hybridized carbons (Fsp3) is 0.200. The molecule has 0 bridgehead atoms. The van der Waals surface area contributed by atoms with E-state index in [-0.39, 0.29) is 0 Å². The lowest BCUT2D eigenvalue weighted by Crippen LogP contribution is -2.15. The molecule has 0 aromatic heterocycles. The molecule has 0 saturated carbocycles. The van der Waals surface area contributed by atoms with E-state index in [4.69, 9.17) is 0 Å². The lowest BCUT2D eigenvalue weighted by molar-refractivity contribution is 1.02. The molecular formula is C15H16N. The Morgan fingerprint density at radius 3 is 2.06 bits per heavy atom.